The van der Waals surface area contributed by atoms with E-state index < -0.39 is 56.6 Å². The first-order valence-corrected chi connectivity index (χ1v) is 10.5. The van der Waals surface area contributed by atoms with Gasteiger partial charge in [0.05, 0.1) is 30.4 Å². The highest BCUT2D eigenvalue weighted by Gasteiger charge is 2.68. The average molecular weight is 471 g/mol. The molecular weight excluding hydrogens is 442 g/mol. The van der Waals surface area contributed by atoms with Gasteiger partial charge in [0.25, 0.3) is 5.09 Å². The molecule has 1 saturated heterocycles. The zero-order valence-corrected chi connectivity index (χ0v) is 18.9. The van der Waals surface area contributed by atoms with Crippen molar-refractivity contribution in [2.75, 3.05) is 6.61 Å². The number of hydrogen-bond donors (Lipinski definition) is 3. The number of rotatable bonds is 11. The lowest BCUT2D eigenvalue weighted by Gasteiger charge is -2.55. The monoisotopic (exact) mass is 471 g/mol. The molecule has 0 aromatic carbocycles. The van der Waals surface area contributed by atoms with Crippen molar-refractivity contribution in [3.05, 3.63) is 32.2 Å². The number of carboxylic acids is 2. The Morgan fingerprint density at radius 1 is 1.18 bits per heavy atom. The molecule has 14 heteroatoms. The van der Waals surface area contributed by atoms with Crippen LogP contribution in [0.15, 0.2) is 6.20 Å². The third kappa shape index (κ3) is 4.21. The summed E-state index contributed by atoms with van der Waals surface area (Å²) in [6.45, 7) is 4.67. The summed E-state index contributed by atoms with van der Waals surface area (Å²) in [4.78, 5) is 55.2. The standard InChI is InChI=1S/C19H29N5O9/c1-5-18(16(25)26)11(2)21-12(3)19(17(27)28,8-6-7-9-33-24(31)32)14(18)15-20-10-13(22(15)4)23(29)30/h10-12,14,21H,5-9H2,1-4H3,(H,25,26)(H,27,28). The van der Waals surface area contributed by atoms with Crippen LogP contribution in [-0.4, -0.2) is 60.4 Å². The fourth-order valence-corrected chi connectivity index (χ4v) is 5.35. The van der Waals surface area contributed by atoms with Crippen molar-refractivity contribution in [1.82, 2.24) is 14.9 Å². The van der Waals surface area contributed by atoms with E-state index in [9.17, 15) is 40.0 Å². The first-order chi connectivity index (χ1) is 15.4. The van der Waals surface area contributed by atoms with E-state index in [0.717, 1.165) is 10.8 Å². The fraction of sp³-hybridized carbons (Fsp3) is 0.737. The SMILES string of the molecule is CCC1(C(=O)O)C(C)NC(C)C(CCCCO[N+](=O)[O-])(C(=O)O)C1c1ncc([N+](=O)[O-])n1C. The van der Waals surface area contributed by atoms with Crippen LogP contribution in [0, 0.1) is 31.1 Å². The molecule has 0 radical (unpaired) electrons. The van der Waals surface area contributed by atoms with Gasteiger partial charge in [-0.15, -0.1) is 10.1 Å². The quantitative estimate of drug-likeness (QED) is 0.241. The second-order valence-corrected chi connectivity index (χ2v) is 8.39. The number of aromatic nitrogens is 2. The zero-order valence-electron chi connectivity index (χ0n) is 18.9. The molecular formula is C19H29N5O9. The lowest BCUT2D eigenvalue weighted by atomic mass is 9.51. The van der Waals surface area contributed by atoms with Crippen LogP contribution in [0.5, 0.6) is 0 Å². The number of imidazole rings is 1. The molecule has 0 spiro atoms. The van der Waals surface area contributed by atoms with Gasteiger partial charge < -0.3 is 30.5 Å². The van der Waals surface area contributed by atoms with E-state index in [2.05, 4.69) is 15.1 Å². The molecule has 0 bridgehead atoms. The fourth-order valence-electron chi connectivity index (χ4n) is 5.35. The van der Waals surface area contributed by atoms with Gasteiger partial charge in [-0.1, -0.05) is 13.3 Å². The van der Waals surface area contributed by atoms with Gasteiger partial charge in [0, 0.05) is 12.1 Å². The molecule has 3 N–H and O–H groups in total. The largest absolute Gasteiger partial charge is 0.481 e. The van der Waals surface area contributed by atoms with Crippen LogP contribution >= 0.6 is 0 Å². The highest BCUT2D eigenvalue weighted by molar-refractivity contribution is 5.83. The Kier molecular flexibility index (Phi) is 7.62. The van der Waals surface area contributed by atoms with Gasteiger partial charge in [-0.2, -0.15) is 0 Å². The van der Waals surface area contributed by atoms with Crippen LogP contribution in [0.2, 0.25) is 0 Å². The number of piperidine rings is 1. The normalized spacial score (nSPS) is 29.4. The second-order valence-electron chi connectivity index (χ2n) is 8.39. The molecule has 2 heterocycles. The second kappa shape index (κ2) is 9.68. The summed E-state index contributed by atoms with van der Waals surface area (Å²) >= 11 is 0. The highest BCUT2D eigenvalue weighted by Crippen LogP contribution is 2.58. The maximum Gasteiger partial charge on any atom is 0.342 e. The third-order valence-corrected chi connectivity index (χ3v) is 7.08. The van der Waals surface area contributed by atoms with E-state index in [1.807, 2.05) is 0 Å². The summed E-state index contributed by atoms with van der Waals surface area (Å²) in [6, 6.07) is -1.41. The maximum atomic E-state index is 12.9. The van der Waals surface area contributed by atoms with E-state index >= 15 is 0 Å². The zero-order chi connectivity index (χ0) is 25.1. The number of aliphatic carboxylic acids is 2. The minimum Gasteiger partial charge on any atom is -0.481 e. The van der Waals surface area contributed by atoms with Crippen molar-refractivity contribution in [2.45, 2.75) is 64.5 Å². The molecule has 33 heavy (non-hydrogen) atoms. The minimum atomic E-state index is -1.72. The van der Waals surface area contributed by atoms with E-state index in [4.69, 9.17) is 0 Å². The molecule has 1 aromatic heterocycles. The van der Waals surface area contributed by atoms with E-state index in [1.54, 1.807) is 20.8 Å². The molecule has 0 saturated carbocycles. The molecule has 5 unspecified atom stereocenters. The molecule has 1 fully saturated rings. The van der Waals surface area contributed by atoms with Gasteiger partial charge >= 0.3 is 17.8 Å². The summed E-state index contributed by atoms with van der Waals surface area (Å²) in [5.41, 5.74) is -3.36. The Morgan fingerprint density at radius 2 is 1.76 bits per heavy atom. The maximum absolute atomic E-state index is 12.9. The van der Waals surface area contributed by atoms with Crippen molar-refractivity contribution >= 4 is 17.8 Å². The summed E-state index contributed by atoms with van der Waals surface area (Å²) in [6.07, 6.45) is 1.33. The molecule has 1 aliphatic rings. The van der Waals surface area contributed by atoms with Crippen LogP contribution in [-0.2, 0) is 21.5 Å². The van der Waals surface area contributed by atoms with Crippen molar-refractivity contribution in [3.63, 3.8) is 0 Å². The Balaban J connectivity index is 2.71. The minimum absolute atomic E-state index is 0.00454. The molecule has 14 nitrogen and oxygen atoms in total. The Bertz CT molecular complexity index is 935. The van der Waals surface area contributed by atoms with Gasteiger partial charge in [0.15, 0.2) is 0 Å². The summed E-state index contributed by atoms with van der Waals surface area (Å²) < 4.78 is 1.14. The Hall–Kier alpha value is -3.29. The summed E-state index contributed by atoms with van der Waals surface area (Å²) in [7, 11) is 1.36. The number of nitrogens with zero attached hydrogens (tertiary/aromatic N) is 4. The lowest BCUT2D eigenvalue weighted by molar-refractivity contribution is -0.757. The summed E-state index contributed by atoms with van der Waals surface area (Å²) in [5, 5.41) is 44.9. The van der Waals surface area contributed by atoms with Crippen LogP contribution in [0.4, 0.5) is 5.82 Å². The van der Waals surface area contributed by atoms with E-state index in [1.165, 1.54) is 7.05 Å². The number of unbranched alkanes of at least 4 members (excludes halogenated alkanes) is 1. The predicted octanol–water partition coefficient (Wildman–Crippen LogP) is 1.72. The van der Waals surface area contributed by atoms with Crippen LogP contribution in [0.3, 0.4) is 0 Å². The molecule has 184 valence electrons. The molecule has 2 rings (SSSR count). The first kappa shape index (κ1) is 26.0. The van der Waals surface area contributed by atoms with Gasteiger partial charge in [0.2, 0.25) is 5.82 Å². The average Bonchev–Trinajstić information content (AvgIpc) is 3.09. The predicted molar refractivity (Wildman–Crippen MR) is 112 cm³/mol. The van der Waals surface area contributed by atoms with E-state index in [0.29, 0.717) is 0 Å². The number of hydrogen-bond acceptors (Lipinski definition) is 9. The van der Waals surface area contributed by atoms with Gasteiger partial charge in [0.1, 0.15) is 6.20 Å². The lowest BCUT2D eigenvalue weighted by Crippen LogP contribution is -2.69. The first-order valence-electron chi connectivity index (χ1n) is 10.5. The van der Waals surface area contributed by atoms with Crippen molar-refractivity contribution < 1.29 is 34.6 Å². The van der Waals surface area contributed by atoms with Crippen LogP contribution in [0.1, 0.15) is 58.2 Å². The molecule has 1 aromatic rings. The number of nitro groups is 1. The van der Waals surface area contributed by atoms with Crippen molar-refractivity contribution in [3.8, 4) is 0 Å². The van der Waals surface area contributed by atoms with Gasteiger partial charge in [-0.3, -0.25) is 9.59 Å². The molecule has 1 aliphatic heterocycles. The molecule has 5 atom stereocenters. The topological polar surface area (TPSA) is 200 Å². The van der Waals surface area contributed by atoms with Crippen LogP contribution in [0.25, 0.3) is 0 Å². The number of nitrogens with one attached hydrogen (secondary N) is 1. The Labute approximate surface area is 189 Å². The Morgan fingerprint density at radius 3 is 2.21 bits per heavy atom. The summed E-state index contributed by atoms with van der Waals surface area (Å²) in [5.74, 6) is -4.14. The van der Waals surface area contributed by atoms with E-state index in [-0.39, 0.29) is 38.1 Å². The molecule has 0 aliphatic carbocycles. The number of carboxylic acid groups (broad SMARTS) is 2. The highest BCUT2D eigenvalue weighted by atomic mass is 16.9. The van der Waals surface area contributed by atoms with Crippen LogP contribution < -0.4 is 5.32 Å². The smallest absolute Gasteiger partial charge is 0.342 e. The van der Waals surface area contributed by atoms with Crippen molar-refractivity contribution in [2.24, 2.45) is 17.9 Å². The number of carbonyl (C=O) groups is 2. The van der Waals surface area contributed by atoms with Gasteiger partial charge in [-0.05, 0) is 38.0 Å². The van der Waals surface area contributed by atoms with Crippen molar-refractivity contribution in [1.29, 1.82) is 0 Å². The molecule has 0 amide bonds. The van der Waals surface area contributed by atoms with Gasteiger partial charge in [-0.25, -0.2) is 9.55 Å². The third-order valence-electron chi connectivity index (χ3n) is 7.08.